The predicted octanol–water partition coefficient (Wildman–Crippen LogP) is 4.58. The highest BCUT2D eigenvalue weighted by atomic mass is 35.5. The molecule has 9 heteroatoms. The molecule has 0 bridgehead atoms. The Morgan fingerprint density at radius 1 is 1.21 bits per heavy atom. The number of aromatic nitrogens is 2. The summed E-state index contributed by atoms with van der Waals surface area (Å²) in [4.78, 5) is 28.7. The number of alkyl halides is 3. The van der Waals surface area contributed by atoms with Crippen molar-refractivity contribution >= 4 is 34.2 Å². The van der Waals surface area contributed by atoms with Gasteiger partial charge in [0.25, 0.3) is 5.56 Å². The summed E-state index contributed by atoms with van der Waals surface area (Å²) in [5.74, 6) is -0.656. The number of hydrogen-bond acceptors (Lipinski definition) is 3. The summed E-state index contributed by atoms with van der Waals surface area (Å²) < 4.78 is 40.6. The third kappa shape index (κ3) is 3.73. The van der Waals surface area contributed by atoms with Crippen molar-refractivity contribution in [1.29, 1.82) is 0 Å². The quantitative estimate of drug-likeness (QED) is 0.688. The van der Waals surface area contributed by atoms with Crippen molar-refractivity contribution in [3.63, 3.8) is 0 Å². The van der Waals surface area contributed by atoms with Gasteiger partial charge in [-0.15, -0.1) is 0 Å². The molecule has 0 unspecified atom stereocenters. The van der Waals surface area contributed by atoms with Crippen LogP contribution in [0.15, 0.2) is 47.3 Å². The van der Waals surface area contributed by atoms with E-state index in [9.17, 15) is 22.8 Å². The van der Waals surface area contributed by atoms with Gasteiger partial charge in [-0.1, -0.05) is 29.8 Å². The Morgan fingerprint density at radius 2 is 1.89 bits per heavy atom. The molecule has 1 aromatic heterocycles. The average Bonchev–Trinajstić information content (AvgIpc) is 2.62. The van der Waals surface area contributed by atoms with Gasteiger partial charge in [0, 0.05) is 10.7 Å². The topological polar surface area (TPSA) is 64.0 Å². The molecule has 0 aliphatic carbocycles. The second kappa shape index (κ2) is 7.27. The minimum atomic E-state index is -4.94. The van der Waals surface area contributed by atoms with Crippen LogP contribution >= 0.6 is 11.6 Å². The highest BCUT2D eigenvalue weighted by molar-refractivity contribution is 6.31. The van der Waals surface area contributed by atoms with Crippen LogP contribution in [-0.4, -0.2) is 15.5 Å². The van der Waals surface area contributed by atoms with Crippen LogP contribution in [0, 0.1) is 6.92 Å². The zero-order valence-electron chi connectivity index (χ0n) is 14.8. The first-order valence-electron chi connectivity index (χ1n) is 8.25. The lowest BCUT2D eigenvalue weighted by atomic mass is 10.2. The lowest BCUT2D eigenvalue weighted by molar-refractivity contribution is -0.142. The average molecular weight is 410 g/mol. The van der Waals surface area contributed by atoms with Gasteiger partial charge in [-0.2, -0.15) is 13.2 Å². The Labute approximate surface area is 162 Å². The zero-order chi connectivity index (χ0) is 20.6. The molecule has 2 aromatic carbocycles. The van der Waals surface area contributed by atoms with Crippen molar-refractivity contribution in [2.24, 2.45) is 0 Å². The van der Waals surface area contributed by atoms with Gasteiger partial charge in [0.2, 0.25) is 11.6 Å². The number of anilines is 1. The summed E-state index contributed by atoms with van der Waals surface area (Å²) in [6, 6.07) is 9.49. The number of nitrogens with zero attached hydrogens (tertiary/aromatic N) is 2. The molecule has 28 heavy (non-hydrogen) atoms. The Kier molecular flexibility index (Phi) is 5.16. The molecule has 0 spiro atoms. The number of para-hydroxylation sites is 2. The van der Waals surface area contributed by atoms with Crippen LogP contribution in [0.25, 0.3) is 11.0 Å². The van der Waals surface area contributed by atoms with Crippen LogP contribution < -0.4 is 10.9 Å². The lowest BCUT2D eigenvalue weighted by Crippen LogP contribution is -2.36. The van der Waals surface area contributed by atoms with Crippen molar-refractivity contribution < 1.29 is 18.0 Å². The molecule has 1 heterocycles. The van der Waals surface area contributed by atoms with Gasteiger partial charge in [0.15, 0.2) is 0 Å². The van der Waals surface area contributed by atoms with E-state index in [0.717, 1.165) is 4.57 Å². The fraction of sp³-hybridized carbons (Fsp3) is 0.211. The molecular formula is C19H15ClF3N3O2. The van der Waals surface area contributed by atoms with Gasteiger partial charge < -0.3 is 5.32 Å². The van der Waals surface area contributed by atoms with Crippen molar-refractivity contribution in [3.8, 4) is 0 Å². The van der Waals surface area contributed by atoms with Gasteiger partial charge in [0.1, 0.15) is 6.04 Å². The number of nitrogens with one attached hydrogen (secondary N) is 1. The summed E-state index contributed by atoms with van der Waals surface area (Å²) in [6.07, 6.45) is -4.94. The molecule has 1 N–H and O–H groups in total. The second-order valence-corrected chi connectivity index (χ2v) is 6.68. The number of fused-ring (bicyclic) bond motifs is 1. The summed E-state index contributed by atoms with van der Waals surface area (Å²) in [5, 5.41) is 3.00. The molecule has 5 nitrogen and oxygen atoms in total. The van der Waals surface area contributed by atoms with Crippen molar-refractivity contribution in [2.45, 2.75) is 26.1 Å². The molecule has 3 aromatic rings. The molecule has 0 aliphatic rings. The van der Waals surface area contributed by atoms with Gasteiger partial charge in [0.05, 0.1) is 11.0 Å². The molecule has 146 valence electrons. The second-order valence-electron chi connectivity index (χ2n) is 6.25. The third-order valence-electron chi connectivity index (χ3n) is 4.29. The summed E-state index contributed by atoms with van der Waals surface area (Å²) in [7, 11) is 0. The van der Waals surface area contributed by atoms with E-state index in [-0.39, 0.29) is 11.0 Å². The van der Waals surface area contributed by atoms with E-state index in [2.05, 4.69) is 10.3 Å². The lowest BCUT2D eigenvalue weighted by Gasteiger charge is -2.20. The minimum absolute atomic E-state index is 0.0342. The predicted molar refractivity (Wildman–Crippen MR) is 101 cm³/mol. The van der Waals surface area contributed by atoms with E-state index in [1.54, 1.807) is 25.1 Å². The van der Waals surface area contributed by atoms with Crippen LogP contribution in [0.4, 0.5) is 18.9 Å². The molecule has 0 radical (unpaired) electrons. The molecule has 1 atom stereocenters. The number of halogens is 4. The molecular weight excluding hydrogens is 395 g/mol. The normalized spacial score (nSPS) is 12.8. The fourth-order valence-electron chi connectivity index (χ4n) is 2.81. The van der Waals surface area contributed by atoms with E-state index in [1.165, 1.54) is 31.2 Å². The van der Waals surface area contributed by atoms with Crippen molar-refractivity contribution in [3.05, 3.63) is 69.1 Å². The van der Waals surface area contributed by atoms with Gasteiger partial charge in [-0.25, -0.2) is 4.98 Å². The van der Waals surface area contributed by atoms with E-state index in [1.807, 2.05) is 0 Å². The van der Waals surface area contributed by atoms with E-state index in [0.29, 0.717) is 16.3 Å². The van der Waals surface area contributed by atoms with Crippen molar-refractivity contribution in [1.82, 2.24) is 9.55 Å². The smallest absolute Gasteiger partial charge is 0.324 e. The maximum absolute atomic E-state index is 13.3. The Bertz CT molecular complexity index is 1130. The highest BCUT2D eigenvalue weighted by Gasteiger charge is 2.38. The van der Waals surface area contributed by atoms with E-state index in [4.69, 9.17) is 11.6 Å². The molecule has 0 fully saturated rings. The number of carbonyl (C=O) groups is 1. The van der Waals surface area contributed by atoms with Gasteiger partial charge in [-0.05, 0) is 43.7 Å². The van der Waals surface area contributed by atoms with Crippen LogP contribution in [0.5, 0.6) is 0 Å². The van der Waals surface area contributed by atoms with Crippen LogP contribution in [-0.2, 0) is 11.0 Å². The standard InChI is InChI=1S/C19H15ClF3N3O2/c1-10-7-8-12(20)9-14(10)25-17(27)11(2)26-15-6-4-3-5-13(15)24-16(18(26)28)19(21,22)23/h3-9,11H,1-2H3,(H,25,27)/t11-/m0/s1. The molecule has 0 saturated carbocycles. The van der Waals surface area contributed by atoms with Crippen LogP contribution in [0.2, 0.25) is 5.02 Å². The Hall–Kier alpha value is -2.87. The van der Waals surface area contributed by atoms with E-state index < -0.39 is 29.4 Å². The maximum atomic E-state index is 13.3. The van der Waals surface area contributed by atoms with Crippen molar-refractivity contribution in [2.75, 3.05) is 5.32 Å². The summed E-state index contributed by atoms with van der Waals surface area (Å²) in [6.45, 7) is 3.09. The van der Waals surface area contributed by atoms with Crippen LogP contribution in [0.3, 0.4) is 0 Å². The summed E-state index contributed by atoms with van der Waals surface area (Å²) in [5.41, 5.74) is -1.72. The SMILES string of the molecule is Cc1ccc(Cl)cc1NC(=O)[C@H](C)n1c(=O)c(C(F)(F)F)nc2ccccc21. The largest absolute Gasteiger partial charge is 0.438 e. The molecule has 3 rings (SSSR count). The number of hydrogen-bond donors (Lipinski definition) is 1. The third-order valence-corrected chi connectivity index (χ3v) is 4.52. The maximum Gasteiger partial charge on any atom is 0.438 e. The number of benzene rings is 2. The number of amides is 1. The number of carbonyl (C=O) groups excluding carboxylic acids is 1. The van der Waals surface area contributed by atoms with Crippen LogP contribution in [0.1, 0.15) is 24.2 Å². The molecule has 1 amide bonds. The van der Waals surface area contributed by atoms with Gasteiger partial charge in [-0.3, -0.25) is 14.2 Å². The minimum Gasteiger partial charge on any atom is -0.324 e. The highest BCUT2D eigenvalue weighted by Crippen LogP contribution is 2.28. The Morgan fingerprint density at radius 3 is 2.57 bits per heavy atom. The van der Waals surface area contributed by atoms with E-state index >= 15 is 0 Å². The first-order valence-corrected chi connectivity index (χ1v) is 8.63. The van der Waals surface area contributed by atoms with Gasteiger partial charge >= 0.3 is 6.18 Å². The zero-order valence-corrected chi connectivity index (χ0v) is 15.6. The first kappa shape index (κ1) is 19.9. The molecule has 0 aliphatic heterocycles. The number of rotatable bonds is 3. The number of aryl methyl sites for hydroxylation is 1. The monoisotopic (exact) mass is 409 g/mol. The summed E-state index contributed by atoms with van der Waals surface area (Å²) >= 11 is 5.93. The molecule has 0 saturated heterocycles. The Balaban J connectivity index is 2.11. The fourth-order valence-corrected chi connectivity index (χ4v) is 2.98. The first-order chi connectivity index (χ1) is 13.1.